The predicted molar refractivity (Wildman–Crippen MR) is 70.5 cm³/mol. The van der Waals surface area contributed by atoms with Gasteiger partial charge in [0.25, 0.3) is 0 Å². The van der Waals surface area contributed by atoms with Crippen molar-refractivity contribution in [1.29, 1.82) is 0 Å². The van der Waals surface area contributed by atoms with E-state index in [4.69, 9.17) is 4.52 Å². The topological polar surface area (TPSA) is 55.1 Å². The Hall–Kier alpha value is -1.62. The second-order valence-corrected chi connectivity index (χ2v) is 5.19. The van der Waals surface area contributed by atoms with Crippen LogP contribution in [0, 0.1) is 13.8 Å². The maximum Gasteiger partial charge on any atom is 0.220 e. The van der Waals surface area contributed by atoms with Gasteiger partial charge in [0, 0.05) is 23.4 Å². The van der Waals surface area contributed by atoms with E-state index < -0.39 is 0 Å². The number of carbonyl (C=O) groups excluding carboxylic acids is 1. The van der Waals surface area contributed by atoms with Crippen molar-refractivity contribution in [3.63, 3.8) is 0 Å². The first-order valence-corrected chi connectivity index (χ1v) is 6.75. The van der Waals surface area contributed by atoms with E-state index in [9.17, 15) is 4.79 Å². The van der Waals surface area contributed by atoms with Gasteiger partial charge in [-0.15, -0.1) is 11.3 Å². The molecule has 4 nitrogen and oxygen atoms in total. The third kappa shape index (κ3) is 3.20. The monoisotopic (exact) mass is 264 g/mol. The van der Waals surface area contributed by atoms with Crippen LogP contribution in [-0.2, 0) is 17.8 Å². The standard InChI is InChI=1S/C13H16N2O2S/c1-9-12(10(2)17-15-9)8-14-13(16)6-5-11-4-3-7-18-11/h3-4,7H,5-6,8H2,1-2H3,(H,14,16). The molecule has 0 atom stereocenters. The summed E-state index contributed by atoms with van der Waals surface area (Å²) in [5, 5.41) is 8.78. The van der Waals surface area contributed by atoms with E-state index in [1.165, 1.54) is 4.88 Å². The summed E-state index contributed by atoms with van der Waals surface area (Å²) in [6.07, 6.45) is 1.31. The van der Waals surface area contributed by atoms with Gasteiger partial charge in [-0.1, -0.05) is 11.2 Å². The summed E-state index contributed by atoms with van der Waals surface area (Å²) in [5.74, 6) is 0.828. The van der Waals surface area contributed by atoms with Crippen LogP contribution in [-0.4, -0.2) is 11.1 Å². The van der Waals surface area contributed by atoms with Crippen molar-refractivity contribution < 1.29 is 9.32 Å². The summed E-state index contributed by atoms with van der Waals surface area (Å²) in [7, 11) is 0. The molecule has 0 spiro atoms. The maximum absolute atomic E-state index is 11.7. The number of nitrogens with zero attached hydrogens (tertiary/aromatic N) is 1. The van der Waals surface area contributed by atoms with Crippen LogP contribution in [0.5, 0.6) is 0 Å². The van der Waals surface area contributed by atoms with Gasteiger partial charge in [0.1, 0.15) is 5.76 Å². The van der Waals surface area contributed by atoms with Crippen molar-refractivity contribution in [3.8, 4) is 0 Å². The van der Waals surface area contributed by atoms with E-state index in [2.05, 4.69) is 10.5 Å². The zero-order valence-electron chi connectivity index (χ0n) is 10.5. The lowest BCUT2D eigenvalue weighted by molar-refractivity contribution is -0.121. The van der Waals surface area contributed by atoms with Gasteiger partial charge in [-0.3, -0.25) is 4.79 Å². The molecule has 0 bridgehead atoms. The van der Waals surface area contributed by atoms with Crippen molar-refractivity contribution >= 4 is 17.2 Å². The molecule has 0 aromatic carbocycles. The molecule has 0 saturated carbocycles. The number of aryl methyl sites for hydroxylation is 3. The Bertz CT molecular complexity index is 498. The van der Waals surface area contributed by atoms with Crippen LogP contribution in [0.1, 0.15) is 28.3 Å². The van der Waals surface area contributed by atoms with Crippen molar-refractivity contribution in [2.24, 2.45) is 0 Å². The molecule has 18 heavy (non-hydrogen) atoms. The molecule has 5 heteroatoms. The van der Waals surface area contributed by atoms with Gasteiger partial charge in [0.2, 0.25) is 5.91 Å². The zero-order valence-corrected chi connectivity index (χ0v) is 11.3. The number of amides is 1. The highest BCUT2D eigenvalue weighted by Crippen LogP contribution is 2.12. The van der Waals surface area contributed by atoms with Gasteiger partial charge in [-0.05, 0) is 31.7 Å². The molecule has 0 unspecified atom stereocenters. The quantitative estimate of drug-likeness (QED) is 0.903. The third-order valence-corrected chi connectivity index (χ3v) is 3.76. The molecular weight excluding hydrogens is 248 g/mol. The normalized spacial score (nSPS) is 10.6. The van der Waals surface area contributed by atoms with Crippen LogP contribution in [0.4, 0.5) is 0 Å². The number of aromatic nitrogens is 1. The van der Waals surface area contributed by atoms with Gasteiger partial charge in [0.15, 0.2) is 0 Å². The average Bonchev–Trinajstić information content (AvgIpc) is 2.96. The van der Waals surface area contributed by atoms with Crippen molar-refractivity contribution in [2.75, 3.05) is 0 Å². The summed E-state index contributed by atoms with van der Waals surface area (Å²) in [5.41, 5.74) is 1.81. The van der Waals surface area contributed by atoms with E-state index in [-0.39, 0.29) is 5.91 Å². The van der Waals surface area contributed by atoms with Crippen molar-refractivity contribution in [2.45, 2.75) is 33.2 Å². The van der Waals surface area contributed by atoms with E-state index in [0.717, 1.165) is 23.4 Å². The smallest absolute Gasteiger partial charge is 0.220 e. The van der Waals surface area contributed by atoms with E-state index in [1.807, 2.05) is 31.4 Å². The van der Waals surface area contributed by atoms with Crippen LogP contribution in [0.15, 0.2) is 22.0 Å². The predicted octanol–water partition coefficient (Wildman–Crippen LogP) is 2.60. The second-order valence-electron chi connectivity index (χ2n) is 4.16. The Kier molecular flexibility index (Phi) is 4.15. The molecule has 0 aliphatic carbocycles. The average molecular weight is 264 g/mol. The van der Waals surface area contributed by atoms with Gasteiger partial charge in [-0.25, -0.2) is 0 Å². The highest BCUT2D eigenvalue weighted by Gasteiger charge is 2.10. The molecule has 2 aromatic heterocycles. The Morgan fingerprint density at radius 1 is 1.50 bits per heavy atom. The van der Waals surface area contributed by atoms with E-state index >= 15 is 0 Å². The Morgan fingerprint density at radius 3 is 2.94 bits per heavy atom. The summed E-state index contributed by atoms with van der Waals surface area (Å²) >= 11 is 1.68. The Balaban J connectivity index is 1.78. The van der Waals surface area contributed by atoms with Crippen molar-refractivity contribution in [3.05, 3.63) is 39.4 Å². The fourth-order valence-electron chi connectivity index (χ4n) is 1.72. The van der Waals surface area contributed by atoms with E-state index in [0.29, 0.717) is 13.0 Å². The molecule has 0 aliphatic heterocycles. The number of rotatable bonds is 5. The SMILES string of the molecule is Cc1noc(C)c1CNC(=O)CCc1cccs1. The number of hydrogen-bond acceptors (Lipinski definition) is 4. The van der Waals surface area contributed by atoms with Gasteiger partial charge >= 0.3 is 0 Å². The highest BCUT2D eigenvalue weighted by molar-refractivity contribution is 7.09. The van der Waals surface area contributed by atoms with Gasteiger partial charge in [0.05, 0.1) is 5.69 Å². The van der Waals surface area contributed by atoms with Gasteiger partial charge in [-0.2, -0.15) is 0 Å². The van der Waals surface area contributed by atoms with Gasteiger partial charge < -0.3 is 9.84 Å². The summed E-state index contributed by atoms with van der Waals surface area (Å²) < 4.78 is 5.05. The lowest BCUT2D eigenvalue weighted by Gasteiger charge is -2.04. The zero-order chi connectivity index (χ0) is 13.0. The third-order valence-electron chi connectivity index (χ3n) is 2.82. The second kappa shape index (κ2) is 5.82. The Labute approximate surface area is 110 Å². The molecule has 2 aromatic rings. The molecule has 0 aliphatic rings. The highest BCUT2D eigenvalue weighted by atomic mass is 32.1. The number of hydrogen-bond donors (Lipinski definition) is 1. The molecule has 1 amide bonds. The molecule has 1 N–H and O–H groups in total. The van der Waals surface area contributed by atoms with Crippen LogP contribution < -0.4 is 5.32 Å². The number of carbonyl (C=O) groups is 1. The molecule has 0 radical (unpaired) electrons. The van der Waals surface area contributed by atoms with Crippen LogP contribution >= 0.6 is 11.3 Å². The molecule has 0 saturated heterocycles. The lowest BCUT2D eigenvalue weighted by Crippen LogP contribution is -2.23. The fourth-order valence-corrected chi connectivity index (χ4v) is 2.43. The summed E-state index contributed by atoms with van der Waals surface area (Å²) in [6.45, 7) is 4.22. The molecule has 0 fully saturated rings. The first-order chi connectivity index (χ1) is 8.66. The first kappa shape index (κ1) is 12.8. The minimum Gasteiger partial charge on any atom is -0.361 e. The van der Waals surface area contributed by atoms with Crippen molar-refractivity contribution in [1.82, 2.24) is 10.5 Å². The number of nitrogens with one attached hydrogen (secondary N) is 1. The maximum atomic E-state index is 11.7. The van der Waals surface area contributed by atoms with Crippen LogP contribution in [0.2, 0.25) is 0 Å². The minimum atomic E-state index is 0.0587. The summed E-state index contributed by atoms with van der Waals surface area (Å²) in [4.78, 5) is 12.9. The van der Waals surface area contributed by atoms with Crippen LogP contribution in [0.3, 0.4) is 0 Å². The molecule has 2 heterocycles. The Morgan fingerprint density at radius 2 is 2.33 bits per heavy atom. The lowest BCUT2D eigenvalue weighted by atomic mass is 10.2. The largest absolute Gasteiger partial charge is 0.361 e. The number of thiophene rings is 1. The molecule has 2 rings (SSSR count). The fraction of sp³-hybridized carbons (Fsp3) is 0.385. The molecular formula is C13H16N2O2S. The molecule has 96 valence electrons. The van der Waals surface area contributed by atoms with E-state index in [1.54, 1.807) is 11.3 Å². The summed E-state index contributed by atoms with van der Waals surface area (Å²) in [6, 6.07) is 4.05. The first-order valence-electron chi connectivity index (χ1n) is 5.87. The minimum absolute atomic E-state index is 0.0587. The van der Waals surface area contributed by atoms with Crippen LogP contribution in [0.25, 0.3) is 0 Å².